The van der Waals surface area contributed by atoms with Crippen molar-refractivity contribution < 1.29 is 9.53 Å². The molecule has 1 saturated carbocycles. The lowest BCUT2D eigenvalue weighted by Gasteiger charge is -2.25. The molecule has 28 heavy (non-hydrogen) atoms. The number of nitrogens with zero attached hydrogens (tertiary/aromatic N) is 1. The molecule has 1 aliphatic carbocycles. The first-order chi connectivity index (χ1) is 13.2. The highest BCUT2D eigenvalue weighted by molar-refractivity contribution is 5.85. The molecule has 0 bridgehead atoms. The molecule has 0 heterocycles. The fraction of sp³-hybridized carbons (Fsp3) is 0.435. The number of halogens is 1. The van der Waals surface area contributed by atoms with Gasteiger partial charge in [0.25, 0.3) is 0 Å². The van der Waals surface area contributed by atoms with Crippen LogP contribution in [-0.4, -0.2) is 30.5 Å². The Labute approximate surface area is 174 Å². The van der Waals surface area contributed by atoms with Crippen molar-refractivity contribution in [3.63, 3.8) is 0 Å². The average Bonchev–Trinajstić information content (AvgIpc) is 3.10. The van der Waals surface area contributed by atoms with Crippen molar-refractivity contribution in [2.24, 2.45) is 11.7 Å². The van der Waals surface area contributed by atoms with Gasteiger partial charge in [0.15, 0.2) is 0 Å². The second kappa shape index (κ2) is 11.1. The second-order valence-corrected chi connectivity index (χ2v) is 7.46. The van der Waals surface area contributed by atoms with Crippen LogP contribution in [-0.2, 0) is 17.8 Å². The Balaban J connectivity index is 0.00000280. The summed E-state index contributed by atoms with van der Waals surface area (Å²) in [6.07, 6.45) is 4.66. The summed E-state index contributed by atoms with van der Waals surface area (Å²) in [5.74, 6) is 1.40. The summed E-state index contributed by atoms with van der Waals surface area (Å²) in [6.45, 7) is 1.36. The number of hydrogen-bond acceptors (Lipinski definition) is 3. The molecule has 2 N–H and O–H groups in total. The summed E-state index contributed by atoms with van der Waals surface area (Å²) in [6, 6.07) is 18.5. The third kappa shape index (κ3) is 6.25. The van der Waals surface area contributed by atoms with E-state index in [-0.39, 0.29) is 24.4 Å². The molecular formula is C23H31ClN2O2. The molecule has 0 spiro atoms. The molecule has 2 atom stereocenters. The van der Waals surface area contributed by atoms with Crippen LogP contribution < -0.4 is 10.5 Å². The van der Waals surface area contributed by atoms with Crippen molar-refractivity contribution in [1.29, 1.82) is 0 Å². The van der Waals surface area contributed by atoms with Crippen molar-refractivity contribution in [2.75, 3.05) is 13.7 Å². The van der Waals surface area contributed by atoms with Gasteiger partial charge in [0.1, 0.15) is 5.75 Å². The molecule has 0 aliphatic heterocycles. The minimum Gasteiger partial charge on any atom is -0.497 e. The van der Waals surface area contributed by atoms with Crippen LogP contribution in [0, 0.1) is 5.92 Å². The Bertz CT molecular complexity index is 721. The highest BCUT2D eigenvalue weighted by Crippen LogP contribution is 2.27. The molecule has 5 heteroatoms. The van der Waals surface area contributed by atoms with Gasteiger partial charge in [-0.3, -0.25) is 4.79 Å². The number of rotatable bonds is 8. The van der Waals surface area contributed by atoms with Gasteiger partial charge in [-0.05, 0) is 48.4 Å². The highest BCUT2D eigenvalue weighted by Gasteiger charge is 2.28. The van der Waals surface area contributed by atoms with Crippen LogP contribution in [0.2, 0.25) is 0 Å². The van der Waals surface area contributed by atoms with E-state index in [9.17, 15) is 4.79 Å². The minimum absolute atomic E-state index is 0. The molecule has 152 valence electrons. The zero-order valence-corrected chi connectivity index (χ0v) is 17.4. The van der Waals surface area contributed by atoms with E-state index in [1.165, 1.54) is 5.56 Å². The van der Waals surface area contributed by atoms with Gasteiger partial charge in [-0.25, -0.2) is 0 Å². The third-order valence-corrected chi connectivity index (χ3v) is 5.55. The van der Waals surface area contributed by atoms with Crippen molar-refractivity contribution in [3.8, 4) is 5.75 Å². The number of benzene rings is 2. The fourth-order valence-electron chi connectivity index (χ4n) is 3.82. The zero-order chi connectivity index (χ0) is 19.1. The maximum absolute atomic E-state index is 13.0. The molecule has 0 radical (unpaired) electrons. The van der Waals surface area contributed by atoms with Gasteiger partial charge in [0.2, 0.25) is 5.91 Å². The monoisotopic (exact) mass is 402 g/mol. The first-order valence-electron chi connectivity index (χ1n) is 9.86. The van der Waals surface area contributed by atoms with Crippen molar-refractivity contribution in [3.05, 3.63) is 65.7 Å². The topological polar surface area (TPSA) is 55.6 Å². The molecule has 1 fully saturated rings. The van der Waals surface area contributed by atoms with Crippen molar-refractivity contribution in [2.45, 2.75) is 44.7 Å². The zero-order valence-electron chi connectivity index (χ0n) is 16.5. The standard InChI is InChI=1S/C23H30N2O2.ClH/c1-27-21-12-10-18(11-13-21)14-15-25(17-19-6-3-2-4-7-19)23(26)16-20-8-5-9-22(20)24;/h2-4,6-7,10-13,20,22H,5,8-9,14-17,24H2,1H3;1H/t20-,22+;/m0./s1. The molecule has 3 rings (SSSR count). The minimum atomic E-state index is 0. The second-order valence-electron chi connectivity index (χ2n) is 7.46. The van der Waals surface area contributed by atoms with Crippen molar-refractivity contribution >= 4 is 18.3 Å². The van der Waals surface area contributed by atoms with E-state index in [1.807, 2.05) is 35.2 Å². The first-order valence-corrected chi connectivity index (χ1v) is 9.86. The smallest absolute Gasteiger partial charge is 0.223 e. The summed E-state index contributed by atoms with van der Waals surface area (Å²) in [5, 5.41) is 0. The van der Waals surface area contributed by atoms with Crippen LogP contribution >= 0.6 is 12.4 Å². The number of amides is 1. The highest BCUT2D eigenvalue weighted by atomic mass is 35.5. The number of hydrogen-bond donors (Lipinski definition) is 1. The van der Waals surface area contributed by atoms with E-state index in [0.717, 1.165) is 37.0 Å². The lowest BCUT2D eigenvalue weighted by Crippen LogP contribution is -2.36. The summed E-state index contributed by atoms with van der Waals surface area (Å²) in [5.41, 5.74) is 8.56. The van der Waals surface area contributed by atoms with Gasteiger partial charge in [-0.15, -0.1) is 12.4 Å². The molecule has 4 nitrogen and oxygen atoms in total. The Hall–Kier alpha value is -2.04. The van der Waals surface area contributed by atoms with E-state index >= 15 is 0 Å². The lowest BCUT2D eigenvalue weighted by atomic mass is 9.99. The predicted octanol–water partition coefficient (Wildman–Crippen LogP) is 4.21. The maximum Gasteiger partial charge on any atom is 0.223 e. The van der Waals surface area contributed by atoms with Gasteiger partial charge >= 0.3 is 0 Å². The van der Waals surface area contributed by atoms with E-state index in [4.69, 9.17) is 10.5 Å². The van der Waals surface area contributed by atoms with E-state index < -0.39 is 0 Å². The molecule has 2 aromatic carbocycles. The van der Waals surface area contributed by atoms with E-state index in [1.54, 1.807) is 7.11 Å². The molecule has 0 saturated heterocycles. The van der Waals surface area contributed by atoms with Gasteiger partial charge in [-0.2, -0.15) is 0 Å². The van der Waals surface area contributed by atoms with Crippen LogP contribution in [0.25, 0.3) is 0 Å². The number of ether oxygens (including phenoxy) is 1. The Morgan fingerprint density at radius 2 is 1.79 bits per heavy atom. The summed E-state index contributed by atoms with van der Waals surface area (Å²) >= 11 is 0. The fourth-order valence-corrected chi connectivity index (χ4v) is 3.82. The number of nitrogens with two attached hydrogens (primary N) is 1. The van der Waals surface area contributed by atoms with Crippen LogP contribution in [0.15, 0.2) is 54.6 Å². The summed E-state index contributed by atoms with van der Waals surface area (Å²) < 4.78 is 5.22. The molecular weight excluding hydrogens is 372 g/mol. The van der Waals surface area contributed by atoms with Crippen LogP contribution in [0.3, 0.4) is 0 Å². The predicted molar refractivity (Wildman–Crippen MR) is 116 cm³/mol. The molecule has 0 aromatic heterocycles. The molecule has 0 unspecified atom stereocenters. The molecule has 1 amide bonds. The number of carbonyl (C=O) groups excluding carboxylic acids is 1. The van der Waals surface area contributed by atoms with Gasteiger partial charge in [0, 0.05) is 25.6 Å². The van der Waals surface area contributed by atoms with Gasteiger partial charge in [-0.1, -0.05) is 48.9 Å². The summed E-state index contributed by atoms with van der Waals surface area (Å²) in [7, 11) is 1.67. The van der Waals surface area contributed by atoms with Crippen LogP contribution in [0.4, 0.5) is 0 Å². The number of methoxy groups -OCH3 is 1. The lowest BCUT2D eigenvalue weighted by molar-refractivity contribution is -0.132. The van der Waals surface area contributed by atoms with E-state index in [2.05, 4.69) is 24.3 Å². The molecule has 1 aliphatic rings. The Morgan fingerprint density at radius 1 is 1.07 bits per heavy atom. The average molecular weight is 403 g/mol. The molecule has 2 aromatic rings. The first kappa shape index (κ1) is 22.3. The van der Waals surface area contributed by atoms with Gasteiger partial charge < -0.3 is 15.4 Å². The quantitative estimate of drug-likeness (QED) is 0.719. The normalized spacial score (nSPS) is 18.4. The Morgan fingerprint density at radius 3 is 2.39 bits per heavy atom. The summed E-state index contributed by atoms with van der Waals surface area (Å²) in [4.78, 5) is 15.0. The SMILES string of the molecule is COc1ccc(CCN(Cc2ccccc2)C(=O)C[C@@H]2CCC[C@H]2N)cc1.Cl. The third-order valence-electron chi connectivity index (χ3n) is 5.55. The Kier molecular flexibility index (Phi) is 8.81. The van der Waals surface area contributed by atoms with Gasteiger partial charge in [0.05, 0.1) is 7.11 Å². The van der Waals surface area contributed by atoms with Crippen molar-refractivity contribution in [1.82, 2.24) is 4.90 Å². The maximum atomic E-state index is 13.0. The largest absolute Gasteiger partial charge is 0.497 e. The van der Waals surface area contributed by atoms with E-state index in [0.29, 0.717) is 25.4 Å². The number of carbonyl (C=O) groups is 1. The van der Waals surface area contributed by atoms with Crippen LogP contribution in [0.5, 0.6) is 5.75 Å². The van der Waals surface area contributed by atoms with Crippen LogP contribution in [0.1, 0.15) is 36.8 Å².